The number of anilines is 2. The zero-order valence-corrected chi connectivity index (χ0v) is 17.8. The van der Waals surface area contributed by atoms with Gasteiger partial charge in [-0.3, -0.25) is 14.9 Å². The smallest absolute Gasteiger partial charge is 0.250 e. The van der Waals surface area contributed by atoms with Crippen molar-refractivity contribution in [3.05, 3.63) is 48.5 Å². The van der Waals surface area contributed by atoms with E-state index in [0.29, 0.717) is 23.7 Å². The van der Waals surface area contributed by atoms with Crippen LogP contribution in [0.5, 0.6) is 5.75 Å². The molecule has 4 N–H and O–H groups in total. The molecule has 2 unspecified atom stereocenters. The second kappa shape index (κ2) is 9.49. The van der Waals surface area contributed by atoms with Crippen LogP contribution in [0.15, 0.2) is 53.4 Å². The standard InChI is InChI=1S/C19H24N4O4S2/c1-3-27-15-9-7-13(8-10-15)23-29(25,26)19-17(12-20-22-19)18(24)21-14-5-4-6-16(11-14)28-2/h4-11,17,19-20,22-23H,3,12H2,1-2H3,(H,21,24). The average molecular weight is 437 g/mol. The molecule has 29 heavy (non-hydrogen) atoms. The SMILES string of the molecule is CCOc1ccc(NS(=O)(=O)C2NNCC2C(=O)Nc2cccc(SC)c2)cc1. The van der Waals surface area contributed by atoms with E-state index in [1.54, 1.807) is 42.1 Å². The molecule has 0 saturated carbocycles. The molecular formula is C19H24N4O4S2. The van der Waals surface area contributed by atoms with Gasteiger partial charge in [0.25, 0.3) is 10.0 Å². The zero-order valence-electron chi connectivity index (χ0n) is 16.1. The first kappa shape index (κ1) is 21.4. The fraction of sp³-hybridized carbons (Fsp3) is 0.316. The van der Waals surface area contributed by atoms with E-state index in [0.717, 1.165) is 4.90 Å². The van der Waals surface area contributed by atoms with Gasteiger partial charge in [-0.25, -0.2) is 13.8 Å². The van der Waals surface area contributed by atoms with Crippen LogP contribution in [0, 0.1) is 5.92 Å². The predicted molar refractivity (Wildman–Crippen MR) is 115 cm³/mol. The Balaban J connectivity index is 1.70. The third kappa shape index (κ3) is 5.41. The van der Waals surface area contributed by atoms with Crippen molar-refractivity contribution >= 4 is 39.1 Å². The third-order valence-electron chi connectivity index (χ3n) is 4.37. The number of carbonyl (C=O) groups excluding carboxylic acids is 1. The number of carbonyl (C=O) groups is 1. The van der Waals surface area contributed by atoms with Crippen molar-refractivity contribution in [1.82, 2.24) is 10.9 Å². The molecule has 0 aliphatic carbocycles. The third-order valence-corrected chi connectivity index (χ3v) is 6.73. The van der Waals surface area contributed by atoms with Crippen LogP contribution in [0.3, 0.4) is 0 Å². The molecule has 1 aliphatic heterocycles. The van der Waals surface area contributed by atoms with Gasteiger partial charge in [-0.05, 0) is 55.6 Å². The van der Waals surface area contributed by atoms with Gasteiger partial charge >= 0.3 is 0 Å². The van der Waals surface area contributed by atoms with Gasteiger partial charge in [0.15, 0.2) is 5.37 Å². The van der Waals surface area contributed by atoms with Gasteiger partial charge in [-0.2, -0.15) is 0 Å². The van der Waals surface area contributed by atoms with Crippen molar-refractivity contribution < 1.29 is 17.9 Å². The number of hydrogen-bond donors (Lipinski definition) is 4. The van der Waals surface area contributed by atoms with Crippen LogP contribution < -0.4 is 25.6 Å². The summed E-state index contributed by atoms with van der Waals surface area (Å²) in [6, 6.07) is 14.0. The van der Waals surface area contributed by atoms with Crippen LogP contribution >= 0.6 is 11.8 Å². The minimum absolute atomic E-state index is 0.197. The first-order chi connectivity index (χ1) is 13.9. The van der Waals surface area contributed by atoms with E-state index in [9.17, 15) is 13.2 Å². The Kier molecular flexibility index (Phi) is 7.01. The van der Waals surface area contributed by atoms with Crippen molar-refractivity contribution in [2.45, 2.75) is 17.2 Å². The second-order valence-electron chi connectivity index (χ2n) is 6.38. The quantitative estimate of drug-likeness (QED) is 0.470. The molecule has 2 aromatic carbocycles. The van der Waals surface area contributed by atoms with Gasteiger partial charge < -0.3 is 10.1 Å². The molecule has 0 spiro atoms. The van der Waals surface area contributed by atoms with E-state index in [1.165, 1.54) is 0 Å². The second-order valence-corrected chi connectivity index (χ2v) is 9.06. The summed E-state index contributed by atoms with van der Waals surface area (Å²) in [5.74, 6) is -0.517. The van der Waals surface area contributed by atoms with E-state index in [1.807, 2.05) is 31.4 Å². The van der Waals surface area contributed by atoms with Crippen LogP contribution in [0.2, 0.25) is 0 Å². The number of nitrogens with one attached hydrogen (secondary N) is 4. The number of benzene rings is 2. The Morgan fingerprint density at radius 3 is 2.66 bits per heavy atom. The normalized spacial score (nSPS) is 19.0. The molecule has 10 heteroatoms. The van der Waals surface area contributed by atoms with Gasteiger partial charge in [-0.1, -0.05) is 6.07 Å². The number of amides is 1. The summed E-state index contributed by atoms with van der Waals surface area (Å²) in [7, 11) is -3.87. The molecule has 8 nitrogen and oxygen atoms in total. The minimum atomic E-state index is -3.87. The molecule has 1 heterocycles. The van der Waals surface area contributed by atoms with Crippen LogP contribution in [0.1, 0.15) is 6.92 Å². The molecule has 1 fully saturated rings. The highest BCUT2D eigenvalue weighted by atomic mass is 32.2. The summed E-state index contributed by atoms with van der Waals surface area (Å²) >= 11 is 1.56. The van der Waals surface area contributed by atoms with Crippen molar-refractivity contribution in [2.24, 2.45) is 5.92 Å². The minimum Gasteiger partial charge on any atom is -0.494 e. The Labute approximate surface area is 174 Å². The highest BCUT2D eigenvalue weighted by molar-refractivity contribution is 7.98. The molecule has 0 radical (unpaired) electrons. The molecule has 156 valence electrons. The lowest BCUT2D eigenvalue weighted by Crippen LogP contribution is -2.45. The van der Waals surface area contributed by atoms with Crippen LogP contribution in [-0.4, -0.2) is 39.1 Å². The van der Waals surface area contributed by atoms with Crippen LogP contribution in [0.4, 0.5) is 11.4 Å². The molecule has 2 atom stereocenters. The number of sulfonamides is 1. The molecule has 1 aliphatic rings. The Morgan fingerprint density at radius 1 is 1.21 bits per heavy atom. The first-order valence-electron chi connectivity index (χ1n) is 9.10. The van der Waals surface area contributed by atoms with Gasteiger partial charge in [0.2, 0.25) is 5.91 Å². The first-order valence-corrected chi connectivity index (χ1v) is 11.9. The number of hydrogen-bond acceptors (Lipinski definition) is 7. The maximum absolute atomic E-state index is 12.9. The van der Waals surface area contributed by atoms with Gasteiger partial charge in [0.05, 0.1) is 12.5 Å². The average Bonchev–Trinajstić information content (AvgIpc) is 3.21. The van der Waals surface area contributed by atoms with E-state index in [4.69, 9.17) is 4.74 Å². The summed E-state index contributed by atoms with van der Waals surface area (Å²) in [6.07, 6.45) is 1.95. The number of thioether (sulfide) groups is 1. The lowest BCUT2D eigenvalue weighted by atomic mass is 10.1. The molecule has 1 amide bonds. The zero-order chi connectivity index (χ0) is 20.9. The fourth-order valence-electron chi connectivity index (χ4n) is 2.95. The van der Waals surface area contributed by atoms with E-state index in [-0.39, 0.29) is 12.5 Å². The number of hydrazine groups is 1. The highest BCUT2D eigenvalue weighted by Gasteiger charge is 2.41. The monoisotopic (exact) mass is 436 g/mol. The largest absolute Gasteiger partial charge is 0.494 e. The van der Waals surface area contributed by atoms with Crippen LogP contribution in [0.25, 0.3) is 0 Å². The maximum atomic E-state index is 12.9. The van der Waals surface area contributed by atoms with E-state index in [2.05, 4.69) is 20.9 Å². The van der Waals surface area contributed by atoms with Gasteiger partial charge in [0.1, 0.15) is 5.75 Å². The van der Waals surface area contributed by atoms with Gasteiger partial charge in [-0.15, -0.1) is 11.8 Å². The highest BCUT2D eigenvalue weighted by Crippen LogP contribution is 2.23. The summed E-state index contributed by atoms with van der Waals surface area (Å²) in [6.45, 7) is 2.60. The summed E-state index contributed by atoms with van der Waals surface area (Å²) < 4.78 is 33.6. The Morgan fingerprint density at radius 2 is 1.97 bits per heavy atom. The van der Waals surface area contributed by atoms with Crippen molar-refractivity contribution in [3.63, 3.8) is 0 Å². The van der Waals surface area contributed by atoms with Crippen LogP contribution in [-0.2, 0) is 14.8 Å². The lowest BCUT2D eigenvalue weighted by Gasteiger charge is -2.20. The molecule has 0 bridgehead atoms. The maximum Gasteiger partial charge on any atom is 0.250 e. The Bertz CT molecular complexity index is 951. The lowest BCUT2D eigenvalue weighted by molar-refractivity contribution is -0.119. The topological polar surface area (TPSA) is 109 Å². The number of ether oxygens (including phenoxy) is 1. The molecule has 2 aromatic rings. The van der Waals surface area contributed by atoms with Gasteiger partial charge in [0, 0.05) is 22.8 Å². The number of rotatable bonds is 8. The Hall–Kier alpha value is -2.27. The molecular weight excluding hydrogens is 412 g/mol. The summed E-state index contributed by atoms with van der Waals surface area (Å²) in [5.41, 5.74) is 6.50. The molecule has 1 saturated heterocycles. The molecule has 0 aromatic heterocycles. The van der Waals surface area contributed by atoms with Crippen molar-refractivity contribution in [2.75, 3.05) is 29.4 Å². The fourth-order valence-corrected chi connectivity index (χ4v) is 4.89. The van der Waals surface area contributed by atoms with E-state index < -0.39 is 21.3 Å². The molecule has 3 rings (SSSR count). The van der Waals surface area contributed by atoms with Crippen molar-refractivity contribution in [3.8, 4) is 5.75 Å². The van der Waals surface area contributed by atoms with E-state index >= 15 is 0 Å². The summed E-state index contributed by atoms with van der Waals surface area (Å²) in [4.78, 5) is 13.7. The summed E-state index contributed by atoms with van der Waals surface area (Å²) in [5, 5.41) is 1.69. The van der Waals surface area contributed by atoms with Crippen molar-refractivity contribution in [1.29, 1.82) is 0 Å². The predicted octanol–water partition coefficient (Wildman–Crippen LogP) is 2.24.